The van der Waals surface area contributed by atoms with Crippen molar-refractivity contribution >= 4 is 39.3 Å². The summed E-state index contributed by atoms with van der Waals surface area (Å²) in [5, 5.41) is 18.9. The van der Waals surface area contributed by atoms with Crippen LogP contribution in [0, 0.1) is 5.82 Å². The van der Waals surface area contributed by atoms with Crippen LogP contribution in [0.25, 0.3) is 21.5 Å². The molecule has 7 heteroatoms. The van der Waals surface area contributed by atoms with Gasteiger partial charge in [0.05, 0.1) is 0 Å². The van der Waals surface area contributed by atoms with E-state index in [2.05, 4.69) is 16.7 Å². The van der Waals surface area contributed by atoms with Gasteiger partial charge in [-0.05, 0) is 50.9 Å². The first-order valence-electron chi connectivity index (χ1n) is 11.3. The number of benzene rings is 4. The van der Waals surface area contributed by atoms with E-state index in [4.69, 9.17) is 0 Å². The van der Waals surface area contributed by atoms with E-state index in [0.717, 1.165) is 27.1 Å². The van der Waals surface area contributed by atoms with Crippen molar-refractivity contribution < 1.29 is 23.9 Å². The summed E-state index contributed by atoms with van der Waals surface area (Å²) in [4.78, 5) is 37.1. The Kier molecular flexibility index (Phi) is 7.06. The maximum Gasteiger partial charge on any atom is 0.326 e. The molecule has 2 amide bonds. The van der Waals surface area contributed by atoms with Gasteiger partial charge in [0.1, 0.15) is 17.9 Å². The number of aliphatic carboxylic acids is 1. The smallest absolute Gasteiger partial charge is 0.326 e. The summed E-state index contributed by atoms with van der Waals surface area (Å²) in [5.41, 5.74) is 1.45. The Morgan fingerprint density at radius 3 is 1.91 bits per heavy atom. The maximum atomic E-state index is 13.3. The van der Waals surface area contributed by atoms with Gasteiger partial charge in [-0.1, -0.05) is 60.7 Å². The van der Waals surface area contributed by atoms with Gasteiger partial charge < -0.3 is 15.7 Å². The summed E-state index contributed by atoms with van der Waals surface area (Å²) in [7, 11) is 0. The summed E-state index contributed by atoms with van der Waals surface area (Å²) >= 11 is 0. The second-order valence-electron chi connectivity index (χ2n) is 8.48. The zero-order valence-corrected chi connectivity index (χ0v) is 19.1. The molecular weight excluding hydrogens is 447 g/mol. The van der Waals surface area contributed by atoms with Crippen molar-refractivity contribution in [1.82, 2.24) is 10.6 Å². The van der Waals surface area contributed by atoms with E-state index in [9.17, 15) is 23.9 Å². The SMILES string of the molecule is CC(=O)N[C@H](Cc1ccc(F)cc1)C(=O)N[C@@H](Cc1c2ccccc2cc2ccccc12)C(=O)O. The van der Waals surface area contributed by atoms with Gasteiger partial charge in [-0.2, -0.15) is 0 Å². The average molecular weight is 473 g/mol. The van der Waals surface area contributed by atoms with Crippen molar-refractivity contribution in [3.05, 3.63) is 95.8 Å². The van der Waals surface area contributed by atoms with Gasteiger partial charge in [0, 0.05) is 19.8 Å². The molecule has 4 aromatic rings. The molecule has 35 heavy (non-hydrogen) atoms. The lowest BCUT2D eigenvalue weighted by Gasteiger charge is -2.22. The standard InChI is InChI=1S/C28H25FN2O4/c1-17(32)30-25(14-18-10-12-21(29)13-11-18)27(33)31-26(28(34)35)16-24-22-8-4-2-6-19(22)15-20-7-3-5-9-23(20)24/h2-13,15,25-26H,14,16H2,1H3,(H,30,32)(H,31,33)(H,34,35)/t25-,26+/m1/s1. The minimum absolute atomic E-state index is 0.0618. The van der Waals surface area contributed by atoms with Gasteiger partial charge in [-0.15, -0.1) is 0 Å². The molecule has 0 unspecified atom stereocenters. The van der Waals surface area contributed by atoms with Gasteiger partial charge in [0.15, 0.2) is 0 Å². The predicted octanol–water partition coefficient (Wildman–Crippen LogP) is 3.99. The van der Waals surface area contributed by atoms with E-state index in [0.29, 0.717) is 5.56 Å². The molecule has 0 fully saturated rings. The number of fused-ring (bicyclic) bond motifs is 2. The number of carboxylic acid groups (broad SMARTS) is 1. The van der Waals surface area contributed by atoms with Gasteiger partial charge in [0.2, 0.25) is 11.8 Å². The molecule has 0 heterocycles. The van der Waals surface area contributed by atoms with E-state index < -0.39 is 35.7 Å². The average Bonchev–Trinajstić information content (AvgIpc) is 2.83. The lowest BCUT2D eigenvalue weighted by Crippen LogP contribution is -2.52. The van der Waals surface area contributed by atoms with Crippen molar-refractivity contribution in [2.45, 2.75) is 31.8 Å². The summed E-state index contributed by atoms with van der Waals surface area (Å²) in [6.07, 6.45) is 0.154. The first kappa shape index (κ1) is 23.9. The molecule has 3 N–H and O–H groups in total. The third kappa shape index (κ3) is 5.63. The molecule has 4 aromatic carbocycles. The fourth-order valence-electron chi connectivity index (χ4n) is 4.32. The first-order chi connectivity index (χ1) is 16.8. The van der Waals surface area contributed by atoms with Gasteiger partial charge >= 0.3 is 5.97 Å². The number of nitrogens with one attached hydrogen (secondary N) is 2. The number of carbonyl (C=O) groups excluding carboxylic acids is 2. The highest BCUT2D eigenvalue weighted by Gasteiger charge is 2.27. The molecule has 6 nitrogen and oxygen atoms in total. The van der Waals surface area contributed by atoms with Gasteiger partial charge in [-0.25, -0.2) is 9.18 Å². The zero-order valence-electron chi connectivity index (χ0n) is 19.1. The molecule has 0 bridgehead atoms. The van der Waals surface area contributed by atoms with Crippen molar-refractivity contribution in [3.63, 3.8) is 0 Å². The van der Waals surface area contributed by atoms with Gasteiger partial charge in [0.25, 0.3) is 0 Å². The second kappa shape index (κ2) is 10.3. The minimum Gasteiger partial charge on any atom is -0.480 e. The Morgan fingerprint density at radius 2 is 1.37 bits per heavy atom. The van der Waals surface area contributed by atoms with Crippen LogP contribution in [0.3, 0.4) is 0 Å². The normalized spacial score (nSPS) is 12.7. The number of hydrogen-bond donors (Lipinski definition) is 3. The Labute approximate surface area is 201 Å². The fourth-order valence-corrected chi connectivity index (χ4v) is 4.32. The largest absolute Gasteiger partial charge is 0.480 e. The summed E-state index contributed by atoms with van der Waals surface area (Å²) in [6, 6.07) is 20.8. The summed E-state index contributed by atoms with van der Waals surface area (Å²) < 4.78 is 13.3. The second-order valence-corrected chi connectivity index (χ2v) is 8.48. The molecule has 0 aromatic heterocycles. The highest BCUT2D eigenvalue weighted by Crippen LogP contribution is 2.29. The lowest BCUT2D eigenvalue weighted by atomic mass is 9.92. The summed E-state index contributed by atoms with van der Waals surface area (Å²) in [6.45, 7) is 1.28. The van der Waals surface area contributed by atoms with Crippen molar-refractivity contribution in [1.29, 1.82) is 0 Å². The van der Waals surface area contributed by atoms with Crippen LogP contribution in [0.2, 0.25) is 0 Å². The molecule has 0 aliphatic rings. The number of hydrogen-bond acceptors (Lipinski definition) is 3. The first-order valence-corrected chi connectivity index (χ1v) is 11.3. The van der Waals surface area contributed by atoms with Crippen LogP contribution in [-0.2, 0) is 27.2 Å². The predicted molar refractivity (Wildman–Crippen MR) is 132 cm³/mol. The molecular formula is C28H25FN2O4. The van der Waals surface area contributed by atoms with Crippen molar-refractivity contribution in [3.8, 4) is 0 Å². The highest BCUT2D eigenvalue weighted by molar-refractivity contribution is 6.03. The highest BCUT2D eigenvalue weighted by atomic mass is 19.1. The van der Waals surface area contributed by atoms with Crippen LogP contribution in [0.5, 0.6) is 0 Å². The number of carboxylic acids is 1. The Bertz CT molecular complexity index is 1350. The molecule has 0 saturated carbocycles. The molecule has 2 atom stereocenters. The molecule has 0 aliphatic heterocycles. The Morgan fingerprint density at radius 1 is 0.800 bits per heavy atom. The van der Waals surface area contributed by atoms with Crippen molar-refractivity contribution in [2.24, 2.45) is 0 Å². The van der Waals surface area contributed by atoms with Crippen LogP contribution in [0.1, 0.15) is 18.1 Å². The topological polar surface area (TPSA) is 95.5 Å². The van der Waals surface area contributed by atoms with Gasteiger partial charge in [-0.3, -0.25) is 9.59 Å². The zero-order chi connectivity index (χ0) is 24.9. The molecule has 4 rings (SSSR count). The number of halogens is 1. The van der Waals surface area contributed by atoms with Crippen molar-refractivity contribution in [2.75, 3.05) is 0 Å². The number of carbonyl (C=O) groups is 3. The summed E-state index contributed by atoms with van der Waals surface area (Å²) in [5.74, 6) is -2.65. The lowest BCUT2D eigenvalue weighted by molar-refractivity contribution is -0.142. The third-order valence-corrected chi connectivity index (χ3v) is 5.95. The quantitative estimate of drug-likeness (QED) is 0.338. The van der Waals surface area contributed by atoms with Crippen LogP contribution in [0.4, 0.5) is 4.39 Å². The molecule has 0 saturated heterocycles. The Hall–Kier alpha value is -4.26. The molecule has 0 spiro atoms. The van der Waals surface area contributed by atoms with Crippen LogP contribution < -0.4 is 10.6 Å². The van der Waals surface area contributed by atoms with E-state index in [1.807, 2.05) is 48.5 Å². The van der Waals surface area contributed by atoms with Crippen LogP contribution in [-0.4, -0.2) is 35.0 Å². The monoisotopic (exact) mass is 472 g/mol. The van der Waals surface area contributed by atoms with E-state index in [1.54, 1.807) is 0 Å². The number of amides is 2. The van der Waals surface area contributed by atoms with Crippen LogP contribution >= 0.6 is 0 Å². The van der Waals surface area contributed by atoms with E-state index in [-0.39, 0.29) is 12.8 Å². The molecule has 178 valence electrons. The Balaban J connectivity index is 1.64. The number of rotatable bonds is 8. The van der Waals surface area contributed by atoms with E-state index in [1.165, 1.54) is 31.2 Å². The van der Waals surface area contributed by atoms with Crippen LogP contribution in [0.15, 0.2) is 78.9 Å². The molecule has 0 aliphatic carbocycles. The maximum absolute atomic E-state index is 13.3. The third-order valence-electron chi connectivity index (χ3n) is 5.95. The molecule has 0 radical (unpaired) electrons. The fraction of sp³-hybridized carbons (Fsp3) is 0.179. The minimum atomic E-state index is -1.22. The van der Waals surface area contributed by atoms with E-state index >= 15 is 0 Å².